The fourth-order valence-electron chi connectivity index (χ4n) is 13.7. The first-order chi connectivity index (χ1) is 28.8. The molecule has 0 radical (unpaired) electrons. The number of ether oxygens (including phenoxy) is 4. The molecule has 1 aromatic heterocycles. The van der Waals surface area contributed by atoms with Crippen LogP contribution >= 0.6 is 0 Å². The monoisotopic (exact) mass is 823 g/mol. The third kappa shape index (κ3) is 7.10. The van der Waals surface area contributed by atoms with Gasteiger partial charge in [-0.15, -0.1) is 0 Å². The van der Waals surface area contributed by atoms with Crippen molar-refractivity contribution in [1.29, 1.82) is 0 Å². The second kappa shape index (κ2) is 16.0. The molecule has 6 aliphatic rings. The predicted molar refractivity (Wildman–Crippen MR) is 231 cm³/mol. The number of hydrogen-bond acceptors (Lipinski definition) is 7. The number of nitrogens with zero attached hydrogens (tertiary/aromatic N) is 3. The van der Waals surface area contributed by atoms with E-state index >= 15 is 0 Å². The largest absolute Gasteiger partial charge is 0.493 e. The van der Waals surface area contributed by atoms with Crippen LogP contribution in [0.2, 0.25) is 0 Å². The minimum Gasteiger partial charge on any atom is -0.493 e. The average Bonchev–Trinajstić information content (AvgIpc) is 3.86. The summed E-state index contributed by atoms with van der Waals surface area (Å²) in [4.78, 5) is 30.3. The quantitative estimate of drug-likeness (QED) is 0.195. The molecule has 0 bridgehead atoms. The number of aryl methyl sites for hydroxylation is 2. The van der Waals surface area contributed by atoms with Gasteiger partial charge in [0, 0.05) is 46.1 Å². The molecule has 4 saturated carbocycles. The molecule has 60 heavy (non-hydrogen) atoms. The number of methoxy groups -OCH3 is 1. The molecule has 1 unspecified atom stereocenters. The molecule has 4 aliphatic carbocycles. The van der Waals surface area contributed by atoms with Gasteiger partial charge in [-0.3, -0.25) is 9.59 Å². The molecule has 1 N–H and O–H groups in total. The highest BCUT2D eigenvalue weighted by Gasteiger charge is 2.62. The number of aliphatic hydroxyl groups excluding tert-OH is 1. The standard InChI is InChI=1S/C50H68N3O7/c1-30-14-17-49(3)34(22-30)25-41(54)47-38-11-10-37(50(38,4)18-15-39(47)49)31(2)8-13-45(55)51(5)20-21-52(6)46(56)28-58-48-36-27-53-19-16-33-24-43-44(60-29-59-43)26-35(33)40(53)23-32(36)9-12-42(48)57-7/h9,12,23-24,26-27,30-31,34,37-39,41,47,54H,8,10-11,13-22,25,28-29H2,1-7H3/q+1/t30-,31+,34?,37+,38-,39-,41-,47-,49-,50+/m1/s1. The Balaban J connectivity index is 0.776. The van der Waals surface area contributed by atoms with E-state index in [4.69, 9.17) is 18.9 Å². The summed E-state index contributed by atoms with van der Waals surface area (Å²) in [7, 11) is 5.24. The molecule has 2 aliphatic heterocycles. The van der Waals surface area contributed by atoms with Crippen molar-refractivity contribution in [3.8, 4) is 34.3 Å². The molecule has 324 valence electrons. The fourth-order valence-corrected chi connectivity index (χ4v) is 13.7. The van der Waals surface area contributed by atoms with Gasteiger partial charge in [0.2, 0.25) is 18.4 Å². The van der Waals surface area contributed by atoms with Crippen LogP contribution in [-0.2, 0) is 22.6 Å². The number of likely N-dealkylation sites (N-methyl/N-ethyl adjacent to an activating group) is 2. The van der Waals surface area contributed by atoms with Crippen LogP contribution in [0.4, 0.5) is 0 Å². The van der Waals surface area contributed by atoms with Crippen LogP contribution in [0.25, 0.3) is 22.0 Å². The number of carbonyl (C=O) groups is 2. The van der Waals surface area contributed by atoms with E-state index < -0.39 is 0 Å². The first kappa shape index (κ1) is 41.3. The Labute approximate surface area is 356 Å². The third-order valence-corrected chi connectivity index (χ3v) is 17.3. The Bertz CT molecular complexity index is 2140. The summed E-state index contributed by atoms with van der Waals surface area (Å²) in [6.45, 7) is 11.7. The number of pyridine rings is 1. The van der Waals surface area contributed by atoms with E-state index in [1.807, 2.05) is 19.2 Å². The van der Waals surface area contributed by atoms with Gasteiger partial charge < -0.3 is 33.9 Å². The Hall–Kier alpha value is -4.05. The lowest BCUT2D eigenvalue weighted by atomic mass is 9.43. The summed E-state index contributed by atoms with van der Waals surface area (Å²) in [6.07, 6.45) is 14.1. The minimum absolute atomic E-state index is 0.129. The Morgan fingerprint density at radius 2 is 1.68 bits per heavy atom. The van der Waals surface area contributed by atoms with Crippen molar-refractivity contribution in [2.45, 2.75) is 111 Å². The fraction of sp³-hybridized carbons (Fsp3) is 0.660. The summed E-state index contributed by atoms with van der Waals surface area (Å²) >= 11 is 0. The van der Waals surface area contributed by atoms with Crippen LogP contribution < -0.4 is 23.5 Å². The number of hydrogen-bond donors (Lipinski definition) is 1. The van der Waals surface area contributed by atoms with Crippen LogP contribution in [0.3, 0.4) is 0 Å². The third-order valence-electron chi connectivity index (χ3n) is 17.3. The molecule has 0 saturated heterocycles. The number of benzene rings is 2. The zero-order valence-electron chi connectivity index (χ0n) is 37.1. The Morgan fingerprint density at radius 1 is 0.950 bits per heavy atom. The molecule has 10 atom stereocenters. The molecular formula is C50H68N3O7+. The van der Waals surface area contributed by atoms with Gasteiger partial charge in [-0.2, -0.15) is 4.57 Å². The second-order valence-electron chi connectivity index (χ2n) is 20.4. The van der Waals surface area contributed by atoms with Crippen LogP contribution in [-0.4, -0.2) is 80.5 Å². The van der Waals surface area contributed by atoms with E-state index in [0.29, 0.717) is 71.9 Å². The molecule has 3 heterocycles. The lowest BCUT2D eigenvalue weighted by Gasteiger charge is -2.62. The van der Waals surface area contributed by atoms with E-state index in [0.717, 1.165) is 65.3 Å². The molecule has 0 spiro atoms. The van der Waals surface area contributed by atoms with E-state index in [1.165, 1.54) is 50.5 Å². The highest BCUT2D eigenvalue weighted by atomic mass is 16.7. The highest BCUT2D eigenvalue weighted by Crippen LogP contribution is 2.68. The first-order valence-electron chi connectivity index (χ1n) is 23.0. The van der Waals surface area contributed by atoms with Crippen LogP contribution in [0, 0.1) is 52.3 Å². The van der Waals surface area contributed by atoms with Crippen molar-refractivity contribution >= 4 is 22.6 Å². The maximum Gasteiger partial charge on any atom is 0.260 e. The highest BCUT2D eigenvalue weighted by molar-refractivity contribution is 5.92. The second-order valence-corrected chi connectivity index (χ2v) is 20.4. The van der Waals surface area contributed by atoms with Gasteiger partial charge in [0.15, 0.2) is 42.3 Å². The number of aromatic nitrogens is 1. The zero-order chi connectivity index (χ0) is 42.1. The number of fused-ring (bicyclic) bond motifs is 10. The Kier molecular flexibility index (Phi) is 11.0. The van der Waals surface area contributed by atoms with Gasteiger partial charge in [-0.25, -0.2) is 0 Å². The van der Waals surface area contributed by atoms with Gasteiger partial charge in [0.05, 0.1) is 24.2 Å². The van der Waals surface area contributed by atoms with Crippen molar-refractivity contribution < 1.29 is 38.2 Å². The van der Waals surface area contributed by atoms with Crippen molar-refractivity contribution in [1.82, 2.24) is 9.80 Å². The molecule has 9 rings (SSSR count). The maximum absolute atomic E-state index is 13.5. The van der Waals surface area contributed by atoms with Crippen molar-refractivity contribution in [3.05, 3.63) is 42.1 Å². The normalized spacial score (nSPS) is 31.6. The lowest BCUT2D eigenvalue weighted by Crippen LogP contribution is -2.58. The molecule has 4 fully saturated rings. The van der Waals surface area contributed by atoms with Gasteiger partial charge >= 0.3 is 0 Å². The number of amides is 2. The number of rotatable bonds is 11. The number of aliphatic hydroxyl groups is 1. The van der Waals surface area contributed by atoms with Gasteiger partial charge in [-0.1, -0.05) is 34.1 Å². The van der Waals surface area contributed by atoms with Crippen LogP contribution in [0.1, 0.15) is 97.5 Å². The van der Waals surface area contributed by atoms with Crippen LogP contribution in [0.5, 0.6) is 23.0 Å². The molecule has 2 amide bonds. The van der Waals surface area contributed by atoms with E-state index in [-0.39, 0.29) is 36.7 Å². The lowest BCUT2D eigenvalue weighted by molar-refractivity contribution is -0.686. The van der Waals surface area contributed by atoms with Gasteiger partial charge in [0.1, 0.15) is 0 Å². The van der Waals surface area contributed by atoms with Gasteiger partial charge in [0.25, 0.3) is 5.91 Å². The average molecular weight is 823 g/mol. The topological polar surface area (TPSA) is 102 Å². The Morgan fingerprint density at radius 3 is 2.47 bits per heavy atom. The zero-order valence-corrected chi connectivity index (χ0v) is 37.1. The summed E-state index contributed by atoms with van der Waals surface area (Å²) < 4.78 is 25.5. The van der Waals surface area contributed by atoms with Crippen molar-refractivity contribution in [2.75, 3.05) is 47.7 Å². The van der Waals surface area contributed by atoms with Crippen molar-refractivity contribution in [3.63, 3.8) is 0 Å². The van der Waals surface area contributed by atoms with E-state index in [2.05, 4.69) is 56.7 Å². The maximum atomic E-state index is 13.5. The molecule has 2 aromatic carbocycles. The van der Waals surface area contributed by atoms with E-state index in [1.54, 1.807) is 24.0 Å². The minimum atomic E-state index is -0.165. The smallest absolute Gasteiger partial charge is 0.260 e. The predicted octanol–water partition coefficient (Wildman–Crippen LogP) is 8.07. The van der Waals surface area contributed by atoms with Gasteiger partial charge in [-0.05, 0) is 139 Å². The summed E-state index contributed by atoms with van der Waals surface area (Å²) in [5.41, 5.74) is 4.07. The SMILES string of the molecule is COc1ccc2cc3[n+](cc2c1OCC(=O)N(C)CCN(C)C(=O)CC[C@H](C)[C@@H]1CC[C@@H]2[C@H]4[C@H](O)CC5C[C@H](C)CC[C@@]5(C)[C@@H]4CC[C@]21C)CCc1cc2c(cc1-3)OCO2. The number of carbonyl (C=O) groups excluding carboxylic acids is 2. The molecule has 10 nitrogen and oxygen atoms in total. The van der Waals surface area contributed by atoms with Crippen molar-refractivity contribution in [2.24, 2.45) is 52.3 Å². The molecule has 3 aromatic rings. The summed E-state index contributed by atoms with van der Waals surface area (Å²) in [5.74, 6) is 6.80. The first-order valence-corrected chi connectivity index (χ1v) is 23.0. The van der Waals surface area contributed by atoms with E-state index in [9.17, 15) is 14.7 Å². The molecule has 10 heteroatoms. The summed E-state index contributed by atoms with van der Waals surface area (Å²) in [6, 6.07) is 10.2. The molecular weight excluding hydrogens is 755 g/mol. The van der Waals surface area contributed by atoms with Crippen LogP contribution in [0.15, 0.2) is 36.5 Å². The summed E-state index contributed by atoms with van der Waals surface area (Å²) in [5, 5.41) is 13.6.